The maximum atomic E-state index is 12.6. The average Bonchev–Trinajstić information content (AvgIpc) is 3.17. The van der Waals surface area contributed by atoms with E-state index in [0.717, 1.165) is 45.2 Å². The Bertz CT molecular complexity index is 633. The van der Waals surface area contributed by atoms with Crippen LogP contribution in [0.25, 0.3) is 0 Å². The third-order valence-corrected chi connectivity index (χ3v) is 5.44. The lowest BCUT2D eigenvalue weighted by Crippen LogP contribution is -2.40. The molecule has 4 heteroatoms. The molecule has 132 valence electrons. The van der Waals surface area contributed by atoms with Gasteiger partial charge in [0.1, 0.15) is 11.6 Å². The number of nitriles is 1. The van der Waals surface area contributed by atoms with E-state index in [1.165, 1.54) is 18.4 Å². The minimum absolute atomic E-state index is 0.119. The number of rotatable bonds is 5. The van der Waals surface area contributed by atoms with E-state index >= 15 is 0 Å². The predicted octanol–water partition coefficient (Wildman–Crippen LogP) is 3.41. The van der Waals surface area contributed by atoms with Crippen molar-refractivity contribution in [3.63, 3.8) is 0 Å². The monoisotopic (exact) mass is 337 g/mol. The Hall–Kier alpha value is -2.28. The second-order valence-corrected chi connectivity index (χ2v) is 7.24. The smallest absolute Gasteiger partial charge is 0.265 e. The summed E-state index contributed by atoms with van der Waals surface area (Å²) in [6.07, 6.45) is 9.47. The van der Waals surface area contributed by atoms with Gasteiger partial charge in [-0.25, -0.2) is 0 Å². The molecule has 1 N–H and O–H groups in total. The third kappa shape index (κ3) is 4.85. The number of carbonyl (C=O) groups is 1. The Kier molecular flexibility index (Phi) is 6.11. The summed E-state index contributed by atoms with van der Waals surface area (Å²) >= 11 is 0. The van der Waals surface area contributed by atoms with Crippen molar-refractivity contribution in [3.05, 3.63) is 47.7 Å². The molecule has 0 aromatic heterocycles. The summed E-state index contributed by atoms with van der Waals surface area (Å²) in [4.78, 5) is 14.4. The van der Waals surface area contributed by atoms with Crippen molar-refractivity contribution < 1.29 is 4.79 Å². The molecule has 3 rings (SSSR count). The quantitative estimate of drug-likeness (QED) is 0.662. The standard InChI is InChI=1S/C21H27N3O/c22-15-19(16-23-20-8-4-5-9-20)21(25)24-12-10-18(11-13-24)14-17-6-2-1-3-7-17/h1-3,6-7,16,18,20,23H,4-5,8-14H2/b19-16-. The van der Waals surface area contributed by atoms with Gasteiger partial charge < -0.3 is 10.2 Å². The molecule has 1 aromatic carbocycles. The van der Waals surface area contributed by atoms with Crippen molar-refractivity contribution in [1.29, 1.82) is 5.26 Å². The van der Waals surface area contributed by atoms with Crippen LogP contribution < -0.4 is 5.32 Å². The van der Waals surface area contributed by atoms with Gasteiger partial charge in [-0.05, 0) is 43.6 Å². The van der Waals surface area contributed by atoms with E-state index < -0.39 is 0 Å². The van der Waals surface area contributed by atoms with Crippen molar-refractivity contribution in [2.24, 2.45) is 5.92 Å². The van der Waals surface area contributed by atoms with Crippen molar-refractivity contribution in [3.8, 4) is 6.07 Å². The molecule has 0 bridgehead atoms. The highest BCUT2D eigenvalue weighted by atomic mass is 16.2. The Balaban J connectivity index is 1.49. The first-order valence-corrected chi connectivity index (χ1v) is 9.46. The molecule has 2 aliphatic rings. The summed E-state index contributed by atoms with van der Waals surface area (Å²) in [5.41, 5.74) is 1.61. The van der Waals surface area contributed by atoms with Crippen LogP contribution in [-0.4, -0.2) is 29.9 Å². The summed E-state index contributed by atoms with van der Waals surface area (Å²) < 4.78 is 0. The number of nitrogens with zero attached hydrogens (tertiary/aromatic N) is 2. The summed E-state index contributed by atoms with van der Waals surface area (Å²) in [7, 11) is 0. The SMILES string of the molecule is N#C/C(=C/NC1CCCC1)C(=O)N1CCC(Cc2ccccc2)CC1. The fourth-order valence-corrected chi connectivity index (χ4v) is 3.89. The van der Waals surface area contributed by atoms with E-state index in [4.69, 9.17) is 0 Å². The number of hydrogen-bond donors (Lipinski definition) is 1. The van der Waals surface area contributed by atoms with E-state index in [9.17, 15) is 10.1 Å². The highest BCUT2D eigenvalue weighted by Gasteiger charge is 2.25. The highest BCUT2D eigenvalue weighted by Crippen LogP contribution is 2.23. The first-order chi connectivity index (χ1) is 12.3. The van der Waals surface area contributed by atoms with E-state index in [0.29, 0.717) is 12.0 Å². The molecule has 2 fully saturated rings. The number of nitrogens with one attached hydrogen (secondary N) is 1. The van der Waals surface area contributed by atoms with Gasteiger partial charge in [-0.2, -0.15) is 5.26 Å². The Morgan fingerprint density at radius 1 is 1.16 bits per heavy atom. The summed E-state index contributed by atoms with van der Waals surface area (Å²) in [6, 6.07) is 13.0. The van der Waals surface area contributed by atoms with Crippen molar-refractivity contribution in [2.45, 2.75) is 51.0 Å². The summed E-state index contributed by atoms with van der Waals surface area (Å²) in [5, 5.41) is 12.6. The fraction of sp³-hybridized carbons (Fsp3) is 0.524. The maximum Gasteiger partial charge on any atom is 0.265 e. The largest absolute Gasteiger partial charge is 0.387 e. The number of hydrogen-bond acceptors (Lipinski definition) is 3. The van der Waals surface area contributed by atoms with Gasteiger partial charge in [-0.3, -0.25) is 4.79 Å². The van der Waals surface area contributed by atoms with Gasteiger partial charge in [0.25, 0.3) is 5.91 Å². The molecular weight excluding hydrogens is 310 g/mol. The van der Waals surface area contributed by atoms with Gasteiger partial charge in [0.15, 0.2) is 0 Å². The summed E-state index contributed by atoms with van der Waals surface area (Å²) in [6.45, 7) is 1.50. The van der Waals surface area contributed by atoms with Crippen LogP contribution in [0.3, 0.4) is 0 Å². The maximum absolute atomic E-state index is 12.6. The molecule has 1 aliphatic heterocycles. The van der Waals surface area contributed by atoms with Crippen LogP contribution in [0, 0.1) is 17.2 Å². The lowest BCUT2D eigenvalue weighted by atomic mass is 9.90. The zero-order chi connectivity index (χ0) is 17.5. The molecule has 0 spiro atoms. The predicted molar refractivity (Wildman–Crippen MR) is 98.5 cm³/mol. The molecule has 0 radical (unpaired) electrons. The lowest BCUT2D eigenvalue weighted by molar-refractivity contribution is -0.128. The molecule has 25 heavy (non-hydrogen) atoms. The Labute approximate surface area is 150 Å². The molecule has 1 saturated heterocycles. The second kappa shape index (κ2) is 8.71. The minimum atomic E-state index is -0.119. The first kappa shape index (κ1) is 17.5. The number of piperidine rings is 1. The van der Waals surface area contributed by atoms with Crippen LogP contribution in [0.5, 0.6) is 0 Å². The highest BCUT2D eigenvalue weighted by molar-refractivity contribution is 5.97. The molecule has 0 unspecified atom stereocenters. The third-order valence-electron chi connectivity index (χ3n) is 5.44. The van der Waals surface area contributed by atoms with Crippen LogP contribution in [-0.2, 0) is 11.2 Å². The fourth-order valence-electron chi connectivity index (χ4n) is 3.89. The van der Waals surface area contributed by atoms with Crippen molar-refractivity contribution in [2.75, 3.05) is 13.1 Å². The van der Waals surface area contributed by atoms with Crippen LogP contribution in [0.2, 0.25) is 0 Å². The van der Waals surface area contributed by atoms with E-state index in [2.05, 4.69) is 35.7 Å². The number of benzene rings is 1. The van der Waals surface area contributed by atoms with Crippen LogP contribution in [0.4, 0.5) is 0 Å². The molecule has 1 amide bonds. The van der Waals surface area contributed by atoms with Gasteiger partial charge in [0.2, 0.25) is 0 Å². The summed E-state index contributed by atoms with van der Waals surface area (Å²) in [5.74, 6) is 0.503. The Morgan fingerprint density at radius 3 is 2.48 bits per heavy atom. The molecule has 1 heterocycles. The topological polar surface area (TPSA) is 56.1 Å². The molecular formula is C21H27N3O. The van der Waals surface area contributed by atoms with Gasteiger partial charge in [0, 0.05) is 25.3 Å². The molecule has 1 aliphatic carbocycles. The molecule has 0 atom stereocenters. The molecule has 1 saturated carbocycles. The van der Waals surface area contributed by atoms with Crippen LogP contribution in [0.15, 0.2) is 42.1 Å². The zero-order valence-corrected chi connectivity index (χ0v) is 14.8. The number of carbonyl (C=O) groups excluding carboxylic acids is 1. The minimum Gasteiger partial charge on any atom is -0.387 e. The van der Waals surface area contributed by atoms with Gasteiger partial charge in [0.05, 0.1) is 0 Å². The van der Waals surface area contributed by atoms with Crippen LogP contribution in [0.1, 0.15) is 44.1 Å². The second-order valence-electron chi connectivity index (χ2n) is 7.24. The normalized spacial score (nSPS) is 19.6. The van der Waals surface area contributed by atoms with Crippen molar-refractivity contribution >= 4 is 5.91 Å². The van der Waals surface area contributed by atoms with E-state index in [1.807, 2.05) is 11.0 Å². The van der Waals surface area contributed by atoms with E-state index in [1.54, 1.807) is 6.20 Å². The number of amides is 1. The van der Waals surface area contributed by atoms with Gasteiger partial charge in [-0.15, -0.1) is 0 Å². The Morgan fingerprint density at radius 2 is 1.84 bits per heavy atom. The molecule has 4 nitrogen and oxygen atoms in total. The van der Waals surface area contributed by atoms with Crippen molar-refractivity contribution in [1.82, 2.24) is 10.2 Å². The number of likely N-dealkylation sites (tertiary alicyclic amines) is 1. The van der Waals surface area contributed by atoms with Gasteiger partial charge in [-0.1, -0.05) is 43.2 Å². The average molecular weight is 337 g/mol. The molecule has 1 aromatic rings. The lowest BCUT2D eigenvalue weighted by Gasteiger charge is -2.32. The van der Waals surface area contributed by atoms with E-state index in [-0.39, 0.29) is 11.5 Å². The van der Waals surface area contributed by atoms with Gasteiger partial charge >= 0.3 is 0 Å². The van der Waals surface area contributed by atoms with Crippen LogP contribution >= 0.6 is 0 Å². The first-order valence-electron chi connectivity index (χ1n) is 9.46. The zero-order valence-electron chi connectivity index (χ0n) is 14.8.